The Bertz CT molecular complexity index is 698. The van der Waals surface area contributed by atoms with Gasteiger partial charge in [0.1, 0.15) is 5.75 Å². The van der Waals surface area contributed by atoms with Gasteiger partial charge >= 0.3 is 0 Å². The van der Waals surface area contributed by atoms with Crippen LogP contribution in [0.4, 0.5) is 0 Å². The normalized spacial score (nSPS) is 13.8. The van der Waals surface area contributed by atoms with Crippen LogP contribution in [0.3, 0.4) is 0 Å². The average molecular weight is 330 g/mol. The Labute approximate surface area is 145 Å². The number of aromatic amines is 1. The lowest BCUT2D eigenvalue weighted by Crippen LogP contribution is -2.38. The number of benzene rings is 1. The van der Waals surface area contributed by atoms with Crippen LogP contribution in [0.15, 0.2) is 18.2 Å². The van der Waals surface area contributed by atoms with Gasteiger partial charge in [-0.2, -0.15) is 0 Å². The lowest BCUT2D eigenvalue weighted by Gasteiger charge is -2.28. The van der Waals surface area contributed by atoms with Gasteiger partial charge in [0.15, 0.2) is 0 Å². The topological polar surface area (TPSA) is 45.3 Å². The van der Waals surface area contributed by atoms with E-state index in [1.165, 1.54) is 10.9 Å². The van der Waals surface area contributed by atoms with Gasteiger partial charge in [0.05, 0.1) is 13.7 Å². The van der Waals surface area contributed by atoms with Gasteiger partial charge in [-0.1, -0.05) is 34.6 Å². The van der Waals surface area contributed by atoms with Crippen LogP contribution in [-0.4, -0.2) is 29.4 Å². The number of nitrogens with one attached hydrogen (secondary N) is 1. The minimum absolute atomic E-state index is 0.0565. The lowest BCUT2D eigenvalue weighted by molar-refractivity contribution is -0.135. The standard InChI is InChI=1S/C16H20N2O2.C4H10/c1-10(2)16(19)18-7-6-12-13-8-11(20-3)4-5-14(13)17-15(12)9-18;1-4(2)3/h4-5,8,10,17H,6-7,9H2,1-3H3;4H,1-3H3. The minimum Gasteiger partial charge on any atom is -0.497 e. The number of fused-ring (bicyclic) bond motifs is 3. The molecule has 0 fully saturated rings. The summed E-state index contributed by atoms with van der Waals surface area (Å²) in [7, 11) is 1.68. The molecule has 1 amide bonds. The molecule has 0 saturated carbocycles. The average Bonchev–Trinajstić information content (AvgIpc) is 2.90. The lowest BCUT2D eigenvalue weighted by atomic mass is 10.0. The molecule has 4 nitrogen and oxygen atoms in total. The maximum absolute atomic E-state index is 12.1. The van der Waals surface area contributed by atoms with Gasteiger partial charge in [-0.25, -0.2) is 0 Å². The maximum Gasteiger partial charge on any atom is 0.225 e. The Morgan fingerprint density at radius 1 is 1.21 bits per heavy atom. The van der Waals surface area contributed by atoms with Crippen molar-refractivity contribution in [3.63, 3.8) is 0 Å². The van der Waals surface area contributed by atoms with E-state index < -0.39 is 0 Å². The summed E-state index contributed by atoms with van der Waals surface area (Å²) < 4.78 is 5.30. The molecule has 4 heteroatoms. The third kappa shape index (κ3) is 4.11. The Balaban J connectivity index is 0.000000471. The van der Waals surface area contributed by atoms with Crippen LogP contribution in [0.2, 0.25) is 0 Å². The number of nitrogens with zero attached hydrogens (tertiary/aromatic N) is 1. The zero-order valence-electron chi connectivity index (χ0n) is 15.8. The predicted molar refractivity (Wildman–Crippen MR) is 99.3 cm³/mol. The van der Waals surface area contributed by atoms with Crippen LogP contribution in [0.5, 0.6) is 5.75 Å². The van der Waals surface area contributed by atoms with Crippen molar-refractivity contribution in [1.82, 2.24) is 9.88 Å². The quantitative estimate of drug-likeness (QED) is 0.888. The maximum atomic E-state index is 12.1. The molecule has 1 aliphatic heterocycles. The van der Waals surface area contributed by atoms with Crippen molar-refractivity contribution >= 4 is 16.8 Å². The summed E-state index contributed by atoms with van der Waals surface area (Å²) in [6.45, 7) is 11.9. The Kier molecular flexibility index (Phi) is 5.92. The first kappa shape index (κ1) is 18.4. The van der Waals surface area contributed by atoms with Crippen molar-refractivity contribution in [3.05, 3.63) is 29.5 Å². The van der Waals surface area contributed by atoms with E-state index in [-0.39, 0.29) is 11.8 Å². The highest BCUT2D eigenvalue weighted by atomic mass is 16.5. The number of hydrogen-bond acceptors (Lipinski definition) is 2. The summed E-state index contributed by atoms with van der Waals surface area (Å²) in [4.78, 5) is 17.5. The third-order valence-electron chi connectivity index (χ3n) is 3.99. The molecule has 2 heterocycles. The van der Waals surface area contributed by atoms with Crippen molar-refractivity contribution in [2.45, 2.75) is 47.6 Å². The fourth-order valence-corrected chi connectivity index (χ4v) is 2.90. The molecule has 0 unspecified atom stereocenters. The number of carbonyl (C=O) groups excluding carboxylic acids is 1. The van der Waals surface area contributed by atoms with Gasteiger partial charge in [-0.05, 0) is 36.1 Å². The van der Waals surface area contributed by atoms with Gasteiger partial charge < -0.3 is 14.6 Å². The van der Waals surface area contributed by atoms with Crippen LogP contribution in [0.25, 0.3) is 10.9 Å². The predicted octanol–water partition coefficient (Wildman–Crippen LogP) is 4.38. The van der Waals surface area contributed by atoms with Crippen molar-refractivity contribution < 1.29 is 9.53 Å². The second-order valence-corrected chi connectivity index (χ2v) is 7.39. The monoisotopic (exact) mass is 330 g/mol. The van der Waals surface area contributed by atoms with E-state index in [1.54, 1.807) is 7.11 Å². The molecule has 1 N–H and O–H groups in total. The molecule has 1 aromatic heterocycles. The first-order chi connectivity index (χ1) is 11.3. The summed E-state index contributed by atoms with van der Waals surface area (Å²) in [6.07, 6.45) is 0.904. The molecule has 0 spiro atoms. The number of hydrogen-bond donors (Lipinski definition) is 1. The molecule has 1 aliphatic rings. The van der Waals surface area contributed by atoms with E-state index in [9.17, 15) is 4.79 Å². The zero-order chi connectivity index (χ0) is 17.9. The first-order valence-electron chi connectivity index (χ1n) is 8.79. The van der Waals surface area contributed by atoms with Crippen molar-refractivity contribution in [1.29, 1.82) is 0 Å². The number of rotatable bonds is 2. The van der Waals surface area contributed by atoms with Crippen molar-refractivity contribution in [2.24, 2.45) is 11.8 Å². The van der Waals surface area contributed by atoms with Gasteiger partial charge in [0, 0.05) is 29.1 Å². The fraction of sp³-hybridized carbons (Fsp3) is 0.550. The molecule has 3 rings (SSSR count). The number of methoxy groups -OCH3 is 1. The smallest absolute Gasteiger partial charge is 0.225 e. The summed E-state index contributed by atoms with van der Waals surface area (Å²) in [5.41, 5.74) is 3.61. The Hall–Kier alpha value is -1.97. The van der Waals surface area contributed by atoms with Crippen LogP contribution in [-0.2, 0) is 17.8 Å². The summed E-state index contributed by atoms with van der Waals surface area (Å²) >= 11 is 0. The highest BCUT2D eigenvalue weighted by Gasteiger charge is 2.25. The second kappa shape index (κ2) is 7.73. The third-order valence-corrected chi connectivity index (χ3v) is 3.99. The van der Waals surface area contributed by atoms with E-state index >= 15 is 0 Å². The van der Waals surface area contributed by atoms with E-state index in [2.05, 4.69) is 31.8 Å². The number of H-pyrrole nitrogens is 1. The molecule has 0 bridgehead atoms. The molecule has 2 aromatic rings. The largest absolute Gasteiger partial charge is 0.497 e. The summed E-state index contributed by atoms with van der Waals surface area (Å²) in [5, 5.41) is 1.22. The molecule has 1 aromatic carbocycles. The number of carbonyl (C=O) groups is 1. The molecular formula is C20H30N2O2. The van der Waals surface area contributed by atoms with Crippen LogP contribution >= 0.6 is 0 Å². The van der Waals surface area contributed by atoms with Gasteiger partial charge in [0.25, 0.3) is 0 Å². The number of amides is 1. The van der Waals surface area contributed by atoms with E-state index in [1.807, 2.05) is 30.9 Å². The van der Waals surface area contributed by atoms with E-state index in [0.29, 0.717) is 6.54 Å². The Morgan fingerprint density at radius 2 is 1.88 bits per heavy atom. The van der Waals surface area contributed by atoms with Crippen molar-refractivity contribution in [3.8, 4) is 5.75 Å². The molecule has 0 radical (unpaired) electrons. The van der Waals surface area contributed by atoms with E-state index in [0.717, 1.165) is 35.8 Å². The number of ether oxygens (including phenoxy) is 1. The Morgan fingerprint density at radius 3 is 2.46 bits per heavy atom. The molecule has 0 saturated heterocycles. The van der Waals surface area contributed by atoms with Crippen LogP contribution in [0.1, 0.15) is 45.9 Å². The molecule has 0 aliphatic carbocycles. The van der Waals surface area contributed by atoms with Gasteiger partial charge in [-0.3, -0.25) is 4.79 Å². The molecule has 24 heavy (non-hydrogen) atoms. The number of aromatic nitrogens is 1. The van der Waals surface area contributed by atoms with E-state index in [4.69, 9.17) is 4.74 Å². The highest BCUT2D eigenvalue weighted by molar-refractivity contribution is 5.87. The van der Waals surface area contributed by atoms with Crippen molar-refractivity contribution in [2.75, 3.05) is 13.7 Å². The second-order valence-electron chi connectivity index (χ2n) is 7.39. The zero-order valence-corrected chi connectivity index (χ0v) is 15.8. The molecular weight excluding hydrogens is 300 g/mol. The highest BCUT2D eigenvalue weighted by Crippen LogP contribution is 2.30. The molecule has 132 valence electrons. The SMILES string of the molecule is CC(C)C.COc1ccc2[nH]c3c(c2c1)CCN(C(=O)C(C)C)C3. The fourth-order valence-electron chi connectivity index (χ4n) is 2.90. The molecule has 0 atom stereocenters. The van der Waals surface area contributed by atoms with Gasteiger partial charge in [-0.15, -0.1) is 0 Å². The van der Waals surface area contributed by atoms with Gasteiger partial charge in [0.2, 0.25) is 5.91 Å². The summed E-state index contributed by atoms with van der Waals surface area (Å²) in [5.74, 6) is 1.99. The minimum atomic E-state index is 0.0565. The van der Waals surface area contributed by atoms with Crippen LogP contribution in [0, 0.1) is 11.8 Å². The first-order valence-corrected chi connectivity index (χ1v) is 8.79. The van der Waals surface area contributed by atoms with Crippen LogP contribution < -0.4 is 4.74 Å². The summed E-state index contributed by atoms with van der Waals surface area (Å²) in [6, 6.07) is 6.08.